The fourth-order valence-corrected chi connectivity index (χ4v) is 3.77. The number of carbonyl (C=O) groups is 2. The fourth-order valence-electron chi connectivity index (χ4n) is 2.89. The molecule has 0 atom stereocenters. The van der Waals surface area contributed by atoms with Gasteiger partial charge in [0, 0.05) is 32.2 Å². The molecule has 28 heavy (non-hydrogen) atoms. The van der Waals surface area contributed by atoms with E-state index in [1.54, 1.807) is 0 Å². The summed E-state index contributed by atoms with van der Waals surface area (Å²) in [5, 5.41) is 11.6. The second-order valence-corrected chi connectivity index (χ2v) is 7.16. The van der Waals surface area contributed by atoms with Crippen molar-refractivity contribution in [2.45, 2.75) is 25.5 Å². The van der Waals surface area contributed by atoms with Crippen molar-refractivity contribution >= 4 is 35.1 Å². The van der Waals surface area contributed by atoms with Crippen LogP contribution in [0.1, 0.15) is 24.2 Å². The van der Waals surface area contributed by atoms with Gasteiger partial charge in [-0.15, -0.1) is 10.2 Å². The Bertz CT molecular complexity index is 867. The van der Waals surface area contributed by atoms with Crippen molar-refractivity contribution in [3.05, 3.63) is 29.6 Å². The van der Waals surface area contributed by atoms with Crippen molar-refractivity contribution < 1.29 is 18.7 Å². The Labute approximate surface area is 166 Å². The molecule has 0 saturated carbocycles. The maximum absolute atomic E-state index is 14.2. The molecule has 0 spiro atoms. The van der Waals surface area contributed by atoms with E-state index in [1.807, 2.05) is 11.5 Å². The predicted molar refractivity (Wildman–Crippen MR) is 104 cm³/mol. The van der Waals surface area contributed by atoms with E-state index in [-0.39, 0.29) is 23.0 Å². The van der Waals surface area contributed by atoms with E-state index in [0.717, 1.165) is 25.1 Å². The minimum absolute atomic E-state index is 0.0161. The summed E-state index contributed by atoms with van der Waals surface area (Å²) in [7, 11) is 0. The van der Waals surface area contributed by atoms with Crippen molar-refractivity contribution in [3.63, 3.8) is 0 Å². The zero-order valence-corrected chi connectivity index (χ0v) is 16.6. The highest BCUT2D eigenvalue weighted by Crippen LogP contribution is 2.24. The number of hydrogen-bond acceptors (Lipinski definition) is 7. The van der Waals surface area contributed by atoms with Crippen LogP contribution in [0.15, 0.2) is 23.4 Å². The lowest BCUT2D eigenvalue weighted by Gasteiger charge is -2.27. The lowest BCUT2D eigenvalue weighted by molar-refractivity contribution is -0.114. The van der Waals surface area contributed by atoms with E-state index >= 15 is 0 Å². The summed E-state index contributed by atoms with van der Waals surface area (Å²) in [5.74, 6) is -0.522. The quantitative estimate of drug-likeness (QED) is 0.556. The van der Waals surface area contributed by atoms with Crippen LogP contribution in [-0.4, -0.2) is 58.5 Å². The molecule has 1 saturated heterocycles. The Balaban J connectivity index is 1.67. The molecular formula is C18H22FN5O3S. The number of hydrogen-bond donors (Lipinski definition) is 1. The number of halogens is 1. The van der Waals surface area contributed by atoms with Gasteiger partial charge in [-0.3, -0.25) is 14.2 Å². The highest BCUT2D eigenvalue weighted by Gasteiger charge is 2.21. The van der Waals surface area contributed by atoms with E-state index in [9.17, 15) is 14.0 Å². The Hall–Kier alpha value is -2.46. The minimum atomic E-state index is -0.664. The molecule has 8 nitrogen and oxygen atoms in total. The average Bonchev–Trinajstić information content (AvgIpc) is 3.09. The minimum Gasteiger partial charge on any atom is -0.378 e. The number of aromatic nitrogens is 3. The largest absolute Gasteiger partial charge is 0.378 e. The standard InChI is InChI=1S/C18H22FN5O3S/c1-3-24-17(23-6-8-27-9-7-23)21-22-18(24)28-11-16(26)14-5-4-13(10-15(14)19)20-12(2)25/h4-5,10H,3,6-9,11H2,1-2H3,(H,20,25). The molecule has 0 aliphatic carbocycles. The van der Waals surface area contributed by atoms with E-state index in [0.29, 0.717) is 30.6 Å². The maximum atomic E-state index is 14.2. The zero-order valence-electron chi connectivity index (χ0n) is 15.8. The van der Waals surface area contributed by atoms with Crippen molar-refractivity contribution in [1.82, 2.24) is 14.8 Å². The molecule has 3 rings (SSSR count). The number of anilines is 2. The van der Waals surface area contributed by atoms with Gasteiger partial charge in [0.05, 0.1) is 24.5 Å². The molecular weight excluding hydrogens is 385 g/mol. The molecule has 10 heteroatoms. The third kappa shape index (κ3) is 4.68. The summed E-state index contributed by atoms with van der Waals surface area (Å²) in [6, 6.07) is 4.03. The monoisotopic (exact) mass is 407 g/mol. The van der Waals surface area contributed by atoms with Crippen LogP contribution in [0.4, 0.5) is 16.0 Å². The number of nitrogens with one attached hydrogen (secondary N) is 1. The lowest BCUT2D eigenvalue weighted by atomic mass is 10.1. The van der Waals surface area contributed by atoms with Gasteiger partial charge in [0.15, 0.2) is 10.9 Å². The van der Waals surface area contributed by atoms with E-state index in [1.165, 1.54) is 30.8 Å². The van der Waals surface area contributed by atoms with Crippen LogP contribution >= 0.6 is 11.8 Å². The van der Waals surface area contributed by atoms with Gasteiger partial charge < -0.3 is 15.0 Å². The summed E-state index contributed by atoms with van der Waals surface area (Å²) in [6.45, 7) is 6.76. The van der Waals surface area contributed by atoms with Crippen molar-refractivity contribution in [2.24, 2.45) is 0 Å². The number of ketones is 1. The lowest BCUT2D eigenvalue weighted by Crippen LogP contribution is -2.38. The van der Waals surface area contributed by atoms with E-state index in [2.05, 4.69) is 20.4 Å². The molecule has 1 N–H and O–H groups in total. The molecule has 1 amide bonds. The van der Waals surface area contributed by atoms with Gasteiger partial charge in [-0.25, -0.2) is 4.39 Å². The summed E-state index contributed by atoms with van der Waals surface area (Å²) < 4.78 is 21.5. The molecule has 0 bridgehead atoms. The first-order valence-corrected chi connectivity index (χ1v) is 9.97. The van der Waals surface area contributed by atoms with Crippen LogP contribution in [0.25, 0.3) is 0 Å². The molecule has 2 aromatic rings. The number of rotatable bonds is 7. The van der Waals surface area contributed by atoms with Crippen LogP contribution in [0, 0.1) is 5.82 Å². The molecule has 1 aliphatic rings. The number of nitrogens with zero attached hydrogens (tertiary/aromatic N) is 4. The van der Waals surface area contributed by atoms with E-state index < -0.39 is 5.82 Å². The van der Waals surface area contributed by atoms with Gasteiger partial charge >= 0.3 is 0 Å². The van der Waals surface area contributed by atoms with Gasteiger partial charge in [0.25, 0.3) is 0 Å². The van der Waals surface area contributed by atoms with Crippen molar-refractivity contribution in [2.75, 3.05) is 42.3 Å². The first-order valence-electron chi connectivity index (χ1n) is 8.98. The smallest absolute Gasteiger partial charge is 0.228 e. The first kappa shape index (κ1) is 20.3. The Morgan fingerprint density at radius 3 is 2.68 bits per heavy atom. The van der Waals surface area contributed by atoms with Crippen molar-refractivity contribution in [1.29, 1.82) is 0 Å². The summed E-state index contributed by atoms with van der Waals surface area (Å²) in [6.07, 6.45) is 0. The second-order valence-electron chi connectivity index (χ2n) is 6.21. The predicted octanol–water partition coefficient (Wildman–Crippen LogP) is 2.21. The van der Waals surface area contributed by atoms with Crippen LogP contribution in [0.3, 0.4) is 0 Å². The highest BCUT2D eigenvalue weighted by atomic mass is 32.2. The summed E-state index contributed by atoms with van der Waals surface area (Å²) in [4.78, 5) is 25.6. The zero-order chi connectivity index (χ0) is 20.1. The molecule has 0 unspecified atom stereocenters. The van der Waals surface area contributed by atoms with Gasteiger partial charge in [0.2, 0.25) is 11.9 Å². The molecule has 1 aromatic heterocycles. The Morgan fingerprint density at radius 2 is 2.04 bits per heavy atom. The Kier molecular flexibility index (Phi) is 6.63. The normalized spacial score (nSPS) is 14.2. The fraction of sp³-hybridized carbons (Fsp3) is 0.444. The maximum Gasteiger partial charge on any atom is 0.228 e. The van der Waals surface area contributed by atoms with Crippen LogP contribution in [-0.2, 0) is 16.1 Å². The van der Waals surface area contributed by atoms with Crippen molar-refractivity contribution in [3.8, 4) is 0 Å². The topological polar surface area (TPSA) is 89.3 Å². The average molecular weight is 407 g/mol. The first-order chi connectivity index (χ1) is 13.5. The Morgan fingerprint density at radius 1 is 1.29 bits per heavy atom. The SMILES string of the molecule is CCn1c(SCC(=O)c2ccc(NC(C)=O)cc2F)nnc1N1CCOCC1. The number of carbonyl (C=O) groups excluding carboxylic acids is 2. The van der Waals surface area contributed by atoms with Gasteiger partial charge in [0.1, 0.15) is 5.82 Å². The summed E-state index contributed by atoms with van der Waals surface area (Å²) >= 11 is 1.23. The van der Waals surface area contributed by atoms with Crippen LogP contribution < -0.4 is 10.2 Å². The molecule has 2 heterocycles. The van der Waals surface area contributed by atoms with Gasteiger partial charge in [-0.1, -0.05) is 11.8 Å². The molecule has 1 fully saturated rings. The summed E-state index contributed by atoms with van der Waals surface area (Å²) in [5.41, 5.74) is 0.299. The third-order valence-electron chi connectivity index (χ3n) is 4.23. The van der Waals surface area contributed by atoms with Gasteiger partial charge in [-0.2, -0.15) is 0 Å². The van der Waals surface area contributed by atoms with E-state index in [4.69, 9.17) is 4.74 Å². The molecule has 1 aliphatic heterocycles. The third-order valence-corrected chi connectivity index (χ3v) is 5.20. The number of morpholine rings is 1. The molecule has 0 radical (unpaired) electrons. The molecule has 1 aromatic carbocycles. The van der Waals surface area contributed by atoms with Crippen LogP contribution in [0.2, 0.25) is 0 Å². The van der Waals surface area contributed by atoms with Gasteiger partial charge in [-0.05, 0) is 25.1 Å². The number of ether oxygens (including phenoxy) is 1. The molecule has 150 valence electrons. The number of thioether (sulfide) groups is 1. The number of amides is 1. The number of benzene rings is 1. The highest BCUT2D eigenvalue weighted by molar-refractivity contribution is 7.99. The second kappa shape index (κ2) is 9.16. The number of Topliss-reactive ketones (excluding diaryl/α,β-unsaturated/α-hetero) is 1. The van der Waals surface area contributed by atoms with Crippen LogP contribution in [0.5, 0.6) is 0 Å².